The fourth-order valence-electron chi connectivity index (χ4n) is 1.41. The van der Waals surface area contributed by atoms with Crippen LogP contribution in [0.4, 0.5) is 0 Å². The van der Waals surface area contributed by atoms with Crippen LogP contribution in [0.1, 0.15) is 34.6 Å². The quantitative estimate of drug-likeness (QED) is 0.371. The molecule has 0 unspecified atom stereocenters. The van der Waals surface area contributed by atoms with Gasteiger partial charge in [-0.25, -0.2) is 0 Å². The molecule has 0 saturated heterocycles. The molecule has 16 heavy (non-hydrogen) atoms. The summed E-state index contributed by atoms with van der Waals surface area (Å²) in [7, 11) is 4.57. The molecule has 5 radical (unpaired) electrons. The average molecular weight is 328 g/mol. The van der Waals surface area contributed by atoms with E-state index < -0.39 is 0 Å². The first-order chi connectivity index (χ1) is 7.55. The molecule has 0 aromatic rings. The predicted molar refractivity (Wildman–Crippen MR) is 58.3 cm³/mol. The van der Waals surface area contributed by atoms with Gasteiger partial charge in [-0.05, 0) is 29.6 Å². The van der Waals surface area contributed by atoms with Gasteiger partial charge in [0.05, 0.1) is 0 Å². The van der Waals surface area contributed by atoms with Crippen LogP contribution in [-0.4, -0.2) is 0 Å². The molecule has 0 aromatic carbocycles. The van der Waals surface area contributed by atoms with Gasteiger partial charge in [-0.1, -0.05) is 34.6 Å². The van der Waals surface area contributed by atoms with Crippen molar-refractivity contribution < 1.29 is 26.6 Å². The molecule has 0 heterocycles. The third-order valence-corrected chi connectivity index (χ3v) is 2.81. The van der Waals surface area contributed by atoms with E-state index in [2.05, 4.69) is 57.6 Å². The van der Waals surface area contributed by atoms with Crippen molar-refractivity contribution in [3.8, 4) is 0 Å². The van der Waals surface area contributed by atoms with Crippen LogP contribution in [0.3, 0.4) is 0 Å². The second-order valence-electron chi connectivity index (χ2n) is 3.12. The molecule has 0 aliphatic heterocycles. The molecule has 1 saturated carbocycles. The molecule has 89 valence electrons. The zero-order valence-corrected chi connectivity index (χ0v) is 12.5. The molecule has 1 aliphatic rings. The molecule has 0 aromatic heterocycles. The molecule has 0 N–H and O–H groups in total. The van der Waals surface area contributed by atoms with Gasteiger partial charge in [0.15, 0.2) is 0 Å². The summed E-state index contributed by atoms with van der Waals surface area (Å²) < 4.78 is 15.0. The first-order valence-electron chi connectivity index (χ1n) is 4.29. The summed E-state index contributed by atoms with van der Waals surface area (Å²) in [6.45, 7) is 20.0. The van der Waals surface area contributed by atoms with Crippen molar-refractivity contribution >= 4 is 9.69 Å². The van der Waals surface area contributed by atoms with Crippen molar-refractivity contribution in [1.29, 1.82) is 0 Å². The molecular formula is C12H15ClO2Ru+. The van der Waals surface area contributed by atoms with Crippen molar-refractivity contribution in [2.45, 2.75) is 34.6 Å². The van der Waals surface area contributed by atoms with E-state index in [1.54, 1.807) is 0 Å². The van der Waals surface area contributed by atoms with E-state index in [1.807, 2.05) is 17.3 Å². The van der Waals surface area contributed by atoms with E-state index in [0.29, 0.717) is 0 Å². The van der Waals surface area contributed by atoms with Gasteiger partial charge in [0.2, 0.25) is 0 Å². The molecule has 2 nitrogen and oxygen atoms in total. The standard InChI is InChI=1S/C10H15.2CO.ClH.Ru/c1-6-7(2)9(4)10(5)8(6)3;2*1-2;;/h1-5H3;;;1H;/q;;;;+2/p-1. The van der Waals surface area contributed by atoms with Crippen LogP contribution in [0, 0.1) is 42.9 Å². The Balaban J connectivity index is -0.000000245. The third kappa shape index (κ3) is 6.21. The number of rotatable bonds is 0. The van der Waals surface area contributed by atoms with Crippen LogP contribution in [0.5, 0.6) is 0 Å². The van der Waals surface area contributed by atoms with E-state index in [0.717, 1.165) is 0 Å². The van der Waals surface area contributed by atoms with Gasteiger partial charge in [-0.15, -0.1) is 0 Å². The molecule has 1 rings (SSSR count). The Hall–Kier alpha value is 0.393. The van der Waals surface area contributed by atoms with Crippen molar-refractivity contribution in [2.24, 2.45) is 0 Å². The fourth-order valence-corrected chi connectivity index (χ4v) is 1.41. The first-order valence-corrected chi connectivity index (χ1v) is 6.53. The van der Waals surface area contributed by atoms with Gasteiger partial charge in [0.1, 0.15) is 0 Å². The maximum absolute atomic E-state index is 7.50. The summed E-state index contributed by atoms with van der Waals surface area (Å²) in [6.07, 6.45) is 0. The Morgan fingerprint density at radius 3 is 0.750 bits per heavy atom. The minimum atomic E-state index is 1.47. The van der Waals surface area contributed by atoms with Crippen LogP contribution in [0.25, 0.3) is 0 Å². The van der Waals surface area contributed by atoms with E-state index >= 15 is 0 Å². The van der Waals surface area contributed by atoms with Crippen LogP contribution >= 0.6 is 9.69 Å². The summed E-state index contributed by atoms with van der Waals surface area (Å²) in [5, 5.41) is 0. The fraction of sp³-hybridized carbons (Fsp3) is 0.417. The molecule has 0 spiro atoms. The molecular weight excluding hydrogens is 313 g/mol. The van der Waals surface area contributed by atoms with Crippen LogP contribution in [0.2, 0.25) is 0 Å². The van der Waals surface area contributed by atoms with Crippen molar-refractivity contribution in [3.63, 3.8) is 0 Å². The first kappa shape index (κ1) is 21.7. The van der Waals surface area contributed by atoms with Crippen molar-refractivity contribution in [1.82, 2.24) is 0 Å². The van der Waals surface area contributed by atoms with E-state index in [9.17, 15) is 0 Å². The summed E-state index contributed by atoms with van der Waals surface area (Å²) in [6, 6.07) is 0. The average Bonchev–Trinajstić information content (AvgIpc) is 2.55. The Labute approximate surface area is 114 Å². The zero-order valence-electron chi connectivity index (χ0n) is 10.0. The minimum absolute atomic E-state index is 1.47. The van der Waals surface area contributed by atoms with E-state index in [1.165, 1.54) is 29.6 Å². The molecule has 1 fully saturated rings. The maximum atomic E-state index is 7.50. The summed E-state index contributed by atoms with van der Waals surface area (Å²) in [4.78, 5) is 0. The Morgan fingerprint density at radius 2 is 0.688 bits per heavy atom. The van der Waals surface area contributed by atoms with Gasteiger partial charge in [-0.2, -0.15) is 0 Å². The van der Waals surface area contributed by atoms with Gasteiger partial charge >= 0.3 is 49.6 Å². The topological polar surface area (TPSA) is 39.8 Å². The Morgan fingerprint density at radius 1 is 0.625 bits per heavy atom. The Kier molecular flexibility index (Phi) is 18.2. The predicted octanol–water partition coefficient (Wildman–Crippen LogP) is 3.58. The monoisotopic (exact) mass is 328 g/mol. The van der Waals surface area contributed by atoms with Gasteiger partial charge in [-0.3, -0.25) is 0 Å². The van der Waals surface area contributed by atoms with E-state index in [4.69, 9.17) is 9.30 Å². The number of hydrogen-bond acceptors (Lipinski definition) is 0. The number of hydrogen-bond donors (Lipinski definition) is 0. The van der Waals surface area contributed by atoms with Crippen molar-refractivity contribution in [3.05, 3.63) is 42.9 Å². The summed E-state index contributed by atoms with van der Waals surface area (Å²) >= 11 is 1.82. The van der Waals surface area contributed by atoms with Gasteiger partial charge in [0.25, 0.3) is 0 Å². The Bertz CT molecular complexity index is 143. The summed E-state index contributed by atoms with van der Waals surface area (Å²) in [5.74, 6) is 7.34. The SMILES string of the molecule is C[C]1[C](C)[C](C)[C](C)[C]1C.[C-]#[O+].[C-]#[O+].[Cl][Ru+]. The van der Waals surface area contributed by atoms with Crippen LogP contribution in [0.15, 0.2) is 0 Å². The molecule has 4 heteroatoms. The van der Waals surface area contributed by atoms with Crippen molar-refractivity contribution in [2.75, 3.05) is 0 Å². The third-order valence-electron chi connectivity index (χ3n) is 2.81. The van der Waals surface area contributed by atoms with E-state index in [-0.39, 0.29) is 0 Å². The normalized spacial score (nSPS) is 18.4. The molecule has 0 bridgehead atoms. The number of halogens is 1. The van der Waals surface area contributed by atoms with Gasteiger partial charge in [0, 0.05) is 0 Å². The molecule has 0 atom stereocenters. The second-order valence-corrected chi connectivity index (χ2v) is 3.12. The van der Waals surface area contributed by atoms with Crippen LogP contribution < -0.4 is 0 Å². The molecule has 1 aliphatic carbocycles. The second kappa shape index (κ2) is 13.5. The van der Waals surface area contributed by atoms with Gasteiger partial charge < -0.3 is 0 Å². The zero-order chi connectivity index (χ0) is 13.9. The molecule has 0 amide bonds. The summed E-state index contributed by atoms with van der Waals surface area (Å²) in [5.41, 5.74) is 0. The van der Waals surface area contributed by atoms with Crippen LogP contribution in [-0.2, 0) is 26.6 Å².